The lowest BCUT2D eigenvalue weighted by atomic mass is 10.2. The smallest absolute Gasteiger partial charge is 0.138 e. The summed E-state index contributed by atoms with van der Waals surface area (Å²) in [6.07, 6.45) is 3.02. The van der Waals surface area contributed by atoms with Crippen LogP contribution < -0.4 is 0 Å². The van der Waals surface area contributed by atoms with Crippen molar-refractivity contribution in [3.05, 3.63) is 46.1 Å². The van der Waals surface area contributed by atoms with Crippen molar-refractivity contribution in [1.82, 2.24) is 19.7 Å². The molecule has 0 saturated heterocycles. The van der Waals surface area contributed by atoms with Gasteiger partial charge in [-0.15, -0.1) is 0 Å². The molecule has 0 spiro atoms. The Labute approximate surface area is 117 Å². The molecule has 2 heterocycles. The topological polar surface area (TPSA) is 43.6 Å². The Balaban J connectivity index is 2.40. The number of hydrogen-bond donors (Lipinski definition) is 0. The molecule has 0 aliphatic heterocycles. The van der Waals surface area contributed by atoms with E-state index in [9.17, 15) is 0 Å². The Morgan fingerprint density at radius 2 is 1.78 bits per heavy atom. The first kappa shape index (κ1) is 11.7. The van der Waals surface area contributed by atoms with Crippen molar-refractivity contribution < 1.29 is 0 Å². The number of hydrogen-bond acceptors (Lipinski definition) is 3. The summed E-state index contributed by atoms with van der Waals surface area (Å²) in [6, 6.07) is 5.11. The third-order valence-corrected chi connectivity index (χ3v) is 3.38. The number of benzene rings is 1. The lowest BCUT2D eigenvalue weighted by Crippen LogP contribution is -1.97. The van der Waals surface area contributed by atoms with Crippen molar-refractivity contribution in [3.63, 3.8) is 0 Å². The predicted octanol–water partition coefficient (Wildman–Crippen LogP) is 3.78. The van der Waals surface area contributed by atoms with Gasteiger partial charge in [0, 0.05) is 11.5 Å². The van der Waals surface area contributed by atoms with E-state index in [2.05, 4.69) is 15.1 Å². The molecule has 0 radical (unpaired) electrons. The van der Waals surface area contributed by atoms with Crippen LogP contribution in [-0.4, -0.2) is 19.7 Å². The Morgan fingerprint density at radius 1 is 1.00 bits per heavy atom. The number of halogens is 3. The van der Waals surface area contributed by atoms with Gasteiger partial charge in [0.25, 0.3) is 0 Å². The zero-order valence-corrected chi connectivity index (χ0v) is 11.1. The highest BCUT2D eigenvalue weighted by Crippen LogP contribution is 2.31. The zero-order valence-electron chi connectivity index (χ0n) is 8.81. The van der Waals surface area contributed by atoms with Gasteiger partial charge in [-0.2, -0.15) is 5.10 Å². The van der Waals surface area contributed by atoms with E-state index in [0.29, 0.717) is 20.7 Å². The summed E-state index contributed by atoms with van der Waals surface area (Å²) < 4.78 is 1.60. The van der Waals surface area contributed by atoms with Crippen molar-refractivity contribution in [1.29, 1.82) is 0 Å². The van der Waals surface area contributed by atoms with Gasteiger partial charge >= 0.3 is 0 Å². The molecule has 0 aliphatic rings. The molecule has 18 heavy (non-hydrogen) atoms. The maximum absolute atomic E-state index is 6.02. The molecule has 1 aromatic carbocycles. The second kappa shape index (κ2) is 4.39. The quantitative estimate of drug-likeness (QED) is 0.642. The number of aromatic nitrogens is 4. The molecule has 0 amide bonds. The third kappa shape index (κ3) is 1.92. The van der Waals surface area contributed by atoms with Crippen LogP contribution in [0.3, 0.4) is 0 Å². The summed E-state index contributed by atoms with van der Waals surface area (Å²) in [5.41, 5.74) is 1.41. The van der Waals surface area contributed by atoms with E-state index in [1.165, 1.54) is 6.33 Å². The van der Waals surface area contributed by atoms with Gasteiger partial charge in [0.2, 0.25) is 0 Å². The van der Waals surface area contributed by atoms with E-state index < -0.39 is 0 Å². The standard InChI is InChI=1S/C11H5Cl3N4/c12-7-1-6-9(2-8(7)13)17-11(14)3-10(6)18-5-15-4-16-18/h1-5H. The van der Waals surface area contributed by atoms with E-state index in [-0.39, 0.29) is 0 Å². The van der Waals surface area contributed by atoms with Gasteiger partial charge in [-0.25, -0.2) is 14.6 Å². The minimum Gasteiger partial charge on any atom is -0.236 e. The number of rotatable bonds is 1. The van der Waals surface area contributed by atoms with E-state index in [1.807, 2.05) is 0 Å². The molecule has 0 unspecified atom stereocenters. The van der Waals surface area contributed by atoms with Crippen LogP contribution in [0, 0.1) is 0 Å². The summed E-state index contributed by atoms with van der Waals surface area (Å²) in [5, 5.41) is 6.12. The molecule has 7 heteroatoms. The first-order valence-corrected chi connectivity index (χ1v) is 6.09. The lowest BCUT2D eigenvalue weighted by molar-refractivity contribution is 0.885. The van der Waals surface area contributed by atoms with E-state index in [4.69, 9.17) is 34.8 Å². The maximum atomic E-state index is 6.02. The molecule has 4 nitrogen and oxygen atoms in total. The summed E-state index contributed by atoms with van der Waals surface area (Å²) >= 11 is 18.0. The third-order valence-electron chi connectivity index (χ3n) is 2.46. The molecular formula is C11H5Cl3N4. The number of fused-ring (bicyclic) bond motifs is 1. The fourth-order valence-corrected chi connectivity index (χ4v) is 2.21. The molecule has 0 saturated carbocycles. The second-order valence-electron chi connectivity index (χ2n) is 3.59. The maximum Gasteiger partial charge on any atom is 0.138 e. The van der Waals surface area contributed by atoms with Crippen LogP contribution in [0.25, 0.3) is 16.6 Å². The van der Waals surface area contributed by atoms with Crippen LogP contribution in [0.1, 0.15) is 0 Å². The van der Waals surface area contributed by atoms with Crippen molar-refractivity contribution in [2.75, 3.05) is 0 Å². The molecule has 0 fully saturated rings. The number of nitrogens with zero attached hydrogens (tertiary/aromatic N) is 4. The monoisotopic (exact) mass is 298 g/mol. The highest BCUT2D eigenvalue weighted by molar-refractivity contribution is 6.43. The second-order valence-corrected chi connectivity index (χ2v) is 4.79. The summed E-state index contributed by atoms with van der Waals surface area (Å²) in [5.74, 6) is 0. The summed E-state index contributed by atoms with van der Waals surface area (Å²) in [4.78, 5) is 8.11. The summed E-state index contributed by atoms with van der Waals surface area (Å²) in [6.45, 7) is 0. The van der Waals surface area contributed by atoms with Gasteiger partial charge in [-0.3, -0.25) is 0 Å². The summed E-state index contributed by atoms with van der Waals surface area (Å²) in [7, 11) is 0. The molecule has 0 N–H and O–H groups in total. The molecule has 3 rings (SSSR count). The molecule has 2 aromatic heterocycles. The van der Waals surface area contributed by atoms with Crippen LogP contribution in [0.15, 0.2) is 30.9 Å². The average molecular weight is 300 g/mol. The first-order chi connectivity index (χ1) is 8.65. The first-order valence-electron chi connectivity index (χ1n) is 4.95. The molecule has 0 aliphatic carbocycles. The molecule has 3 aromatic rings. The highest BCUT2D eigenvalue weighted by atomic mass is 35.5. The van der Waals surface area contributed by atoms with Crippen LogP contribution >= 0.6 is 34.8 Å². The van der Waals surface area contributed by atoms with Gasteiger partial charge in [0.1, 0.15) is 17.8 Å². The van der Waals surface area contributed by atoms with Crippen molar-refractivity contribution in [2.45, 2.75) is 0 Å². The SMILES string of the molecule is Clc1cc(-n2cncn2)c2cc(Cl)c(Cl)cc2n1. The van der Waals surface area contributed by atoms with Gasteiger partial charge < -0.3 is 0 Å². The van der Waals surface area contributed by atoms with Crippen LogP contribution in [-0.2, 0) is 0 Å². The average Bonchev–Trinajstić information content (AvgIpc) is 2.84. The molecule has 0 atom stereocenters. The minimum absolute atomic E-state index is 0.353. The van der Waals surface area contributed by atoms with Crippen molar-refractivity contribution in [3.8, 4) is 5.69 Å². The molecule has 0 bridgehead atoms. The largest absolute Gasteiger partial charge is 0.236 e. The van der Waals surface area contributed by atoms with E-state index >= 15 is 0 Å². The van der Waals surface area contributed by atoms with Crippen molar-refractivity contribution >= 4 is 45.7 Å². The van der Waals surface area contributed by atoms with E-state index in [0.717, 1.165) is 11.1 Å². The fourth-order valence-electron chi connectivity index (χ4n) is 1.69. The number of pyridine rings is 1. The minimum atomic E-state index is 0.353. The highest BCUT2D eigenvalue weighted by Gasteiger charge is 2.10. The van der Waals surface area contributed by atoms with Gasteiger partial charge in [0.05, 0.1) is 21.2 Å². The zero-order chi connectivity index (χ0) is 12.7. The Bertz CT molecular complexity index is 725. The van der Waals surface area contributed by atoms with Gasteiger partial charge in [-0.1, -0.05) is 34.8 Å². The fraction of sp³-hybridized carbons (Fsp3) is 0. The van der Waals surface area contributed by atoms with Crippen molar-refractivity contribution in [2.24, 2.45) is 0 Å². The molecular weight excluding hydrogens is 295 g/mol. The predicted molar refractivity (Wildman–Crippen MR) is 71.7 cm³/mol. The van der Waals surface area contributed by atoms with Crippen LogP contribution in [0.4, 0.5) is 0 Å². The molecule has 90 valence electrons. The Kier molecular flexibility index (Phi) is 2.86. The van der Waals surface area contributed by atoms with Crippen LogP contribution in [0.2, 0.25) is 15.2 Å². The normalized spacial score (nSPS) is 11.1. The van der Waals surface area contributed by atoms with Gasteiger partial charge in [-0.05, 0) is 12.1 Å². The lowest BCUT2D eigenvalue weighted by Gasteiger charge is -2.07. The Hall–Kier alpha value is -1.36. The van der Waals surface area contributed by atoms with Gasteiger partial charge in [0.15, 0.2) is 0 Å². The van der Waals surface area contributed by atoms with E-state index in [1.54, 1.807) is 29.2 Å². The Morgan fingerprint density at radius 3 is 2.50 bits per heavy atom. The van der Waals surface area contributed by atoms with Crippen LogP contribution in [0.5, 0.6) is 0 Å².